The average Bonchev–Trinajstić information content (AvgIpc) is 3.23. The lowest BCUT2D eigenvalue weighted by Crippen LogP contribution is -2.33. The van der Waals surface area contributed by atoms with Gasteiger partial charge in [-0.1, -0.05) is 23.7 Å². The highest BCUT2D eigenvalue weighted by molar-refractivity contribution is 6.32. The van der Waals surface area contributed by atoms with E-state index in [1.165, 1.54) is 0 Å². The first kappa shape index (κ1) is 15.5. The molecule has 2 aliphatic rings. The molecule has 0 spiro atoms. The zero-order valence-corrected chi connectivity index (χ0v) is 14.0. The Kier molecular flexibility index (Phi) is 4.16. The molecule has 0 radical (unpaired) electrons. The van der Waals surface area contributed by atoms with E-state index in [0.717, 1.165) is 30.6 Å². The van der Waals surface area contributed by atoms with Crippen LogP contribution in [0.25, 0.3) is 0 Å². The van der Waals surface area contributed by atoms with E-state index in [9.17, 15) is 4.79 Å². The third-order valence-corrected chi connectivity index (χ3v) is 4.88. The van der Waals surface area contributed by atoms with Crippen molar-refractivity contribution in [2.45, 2.75) is 25.5 Å². The van der Waals surface area contributed by atoms with Crippen LogP contribution in [0.1, 0.15) is 28.2 Å². The molecule has 126 valence electrons. The van der Waals surface area contributed by atoms with Gasteiger partial charge in [-0.15, -0.1) is 0 Å². The summed E-state index contributed by atoms with van der Waals surface area (Å²) in [4.78, 5) is 14.6. The van der Waals surface area contributed by atoms with Crippen molar-refractivity contribution in [2.75, 3.05) is 19.6 Å². The number of carbonyl (C=O) groups excluding carboxylic acids is 1. The SMILES string of the molecule is O=C(c1n[nH]c2c1CNCC2)N1CCC(Oc2ccccc2Cl)C1. The molecule has 24 heavy (non-hydrogen) atoms. The van der Waals surface area contributed by atoms with Gasteiger partial charge in [0.05, 0.1) is 11.6 Å². The summed E-state index contributed by atoms with van der Waals surface area (Å²) in [5.41, 5.74) is 2.61. The number of fused-ring (bicyclic) bond motifs is 1. The van der Waals surface area contributed by atoms with Gasteiger partial charge in [0.1, 0.15) is 11.9 Å². The Morgan fingerprint density at radius 2 is 2.25 bits per heavy atom. The molecule has 1 unspecified atom stereocenters. The van der Waals surface area contributed by atoms with Crippen molar-refractivity contribution >= 4 is 17.5 Å². The predicted molar refractivity (Wildman–Crippen MR) is 90.4 cm³/mol. The molecule has 2 aromatic rings. The summed E-state index contributed by atoms with van der Waals surface area (Å²) in [6.07, 6.45) is 1.64. The van der Waals surface area contributed by atoms with Crippen LogP contribution in [0, 0.1) is 0 Å². The largest absolute Gasteiger partial charge is 0.487 e. The predicted octanol–water partition coefficient (Wildman–Crippen LogP) is 2.00. The van der Waals surface area contributed by atoms with Crippen molar-refractivity contribution in [2.24, 2.45) is 0 Å². The summed E-state index contributed by atoms with van der Waals surface area (Å²) in [6.45, 7) is 2.84. The molecule has 0 bridgehead atoms. The standard InChI is InChI=1S/C17H19ClN4O2/c18-13-3-1-2-4-15(13)24-11-6-8-22(10-11)17(23)16-12-9-19-7-5-14(12)20-21-16/h1-4,11,19H,5-10H2,(H,20,21). The number of hydrogen-bond donors (Lipinski definition) is 2. The van der Waals surface area contributed by atoms with Crippen LogP contribution in [-0.4, -0.2) is 46.7 Å². The fraction of sp³-hybridized carbons (Fsp3) is 0.412. The van der Waals surface area contributed by atoms with Crippen LogP contribution in [0.3, 0.4) is 0 Å². The van der Waals surface area contributed by atoms with Gasteiger partial charge in [-0.3, -0.25) is 9.89 Å². The number of nitrogens with one attached hydrogen (secondary N) is 2. The van der Waals surface area contributed by atoms with Crippen molar-refractivity contribution in [3.05, 3.63) is 46.2 Å². The molecule has 3 heterocycles. The minimum absolute atomic E-state index is 0.0264. The van der Waals surface area contributed by atoms with Gasteiger partial charge in [-0.05, 0) is 12.1 Å². The van der Waals surface area contributed by atoms with Gasteiger partial charge >= 0.3 is 0 Å². The Hall–Kier alpha value is -2.05. The third kappa shape index (κ3) is 2.87. The third-order valence-electron chi connectivity index (χ3n) is 4.57. The molecule has 1 aromatic carbocycles. The second-order valence-corrected chi connectivity index (χ2v) is 6.57. The Balaban J connectivity index is 1.44. The minimum Gasteiger partial charge on any atom is -0.487 e. The summed E-state index contributed by atoms with van der Waals surface area (Å²) in [7, 11) is 0. The maximum atomic E-state index is 12.8. The van der Waals surface area contributed by atoms with E-state index in [1.54, 1.807) is 6.07 Å². The molecule has 0 aliphatic carbocycles. The molecule has 2 N–H and O–H groups in total. The molecule has 1 amide bonds. The van der Waals surface area contributed by atoms with Gasteiger partial charge in [0, 0.05) is 43.7 Å². The van der Waals surface area contributed by atoms with Crippen molar-refractivity contribution in [3.63, 3.8) is 0 Å². The number of H-pyrrole nitrogens is 1. The van der Waals surface area contributed by atoms with Gasteiger partial charge in [0.25, 0.3) is 5.91 Å². The number of amides is 1. The van der Waals surface area contributed by atoms with Crippen LogP contribution in [0.5, 0.6) is 5.75 Å². The molecular weight excluding hydrogens is 328 g/mol. The molecule has 0 saturated carbocycles. The van der Waals surface area contributed by atoms with Crippen LogP contribution in [0.15, 0.2) is 24.3 Å². The first-order chi connectivity index (χ1) is 11.7. The number of likely N-dealkylation sites (tertiary alicyclic amines) is 1. The normalized spacial score (nSPS) is 20.0. The summed E-state index contributed by atoms with van der Waals surface area (Å²) >= 11 is 6.14. The van der Waals surface area contributed by atoms with Crippen molar-refractivity contribution in [1.29, 1.82) is 0 Å². The van der Waals surface area contributed by atoms with E-state index in [2.05, 4.69) is 15.5 Å². The molecule has 1 fully saturated rings. The first-order valence-corrected chi connectivity index (χ1v) is 8.57. The number of ether oxygens (including phenoxy) is 1. The fourth-order valence-corrected chi connectivity index (χ4v) is 3.46. The lowest BCUT2D eigenvalue weighted by atomic mass is 10.1. The van der Waals surface area contributed by atoms with Crippen molar-refractivity contribution in [3.8, 4) is 5.75 Å². The van der Waals surface area contributed by atoms with E-state index >= 15 is 0 Å². The number of halogens is 1. The second kappa shape index (κ2) is 6.45. The minimum atomic E-state index is -0.0401. The van der Waals surface area contributed by atoms with Crippen LogP contribution in [-0.2, 0) is 13.0 Å². The van der Waals surface area contributed by atoms with E-state index in [4.69, 9.17) is 16.3 Å². The average molecular weight is 347 g/mol. The zero-order chi connectivity index (χ0) is 16.5. The summed E-state index contributed by atoms with van der Waals surface area (Å²) in [6, 6.07) is 7.41. The summed E-state index contributed by atoms with van der Waals surface area (Å²) < 4.78 is 5.95. The second-order valence-electron chi connectivity index (χ2n) is 6.17. The highest BCUT2D eigenvalue weighted by Crippen LogP contribution is 2.27. The zero-order valence-electron chi connectivity index (χ0n) is 13.2. The van der Waals surface area contributed by atoms with E-state index in [-0.39, 0.29) is 12.0 Å². The molecule has 1 aromatic heterocycles. The van der Waals surface area contributed by atoms with Crippen molar-refractivity contribution in [1.82, 2.24) is 20.4 Å². The molecule has 1 saturated heterocycles. The molecule has 6 nitrogen and oxygen atoms in total. The Bertz CT molecular complexity index is 761. The fourth-order valence-electron chi connectivity index (χ4n) is 3.28. The van der Waals surface area contributed by atoms with Gasteiger partial charge < -0.3 is 15.0 Å². The van der Waals surface area contributed by atoms with Gasteiger partial charge in [0.2, 0.25) is 0 Å². The number of rotatable bonds is 3. The monoisotopic (exact) mass is 346 g/mol. The van der Waals surface area contributed by atoms with Gasteiger partial charge in [-0.2, -0.15) is 5.10 Å². The lowest BCUT2D eigenvalue weighted by Gasteiger charge is -2.18. The van der Waals surface area contributed by atoms with Crippen LogP contribution < -0.4 is 10.1 Å². The topological polar surface area (TPSA) is 70.2 Å². The summed E-state index contributed by atoms with van der Waals surface area (Å²) in [5.74, 6) is 0.640. The quantitative estimate of drug-likeness (QED) is 0.892. The number of aromatic amines is 1. The van der Waals surface area contributed by atoms with Gasteiger partial charge in [0.15, 0.2) is 5.69 Å². The first-order valence-electron chi connectivity index (χ1n) is 8.19. The highest BCUT2D eigenvalue weighted by atomic mass is 35.5. The van der Waals surface area contributed by atoms with E-state index < -0.39 is 0 Å². The molecule has 2 aliphatic heterocycles. The molecule has 1 atom stereocenters. The maximum absolute atomic E-state index is 12.8. The van der Waals surface area contributed by atoms with E-state index in [1.807, 2.05) is 23.1 Å². The molecule has 4 rings (SSSR count). The molecule has 7 heteroatoms. The molecular formula is C17H19ClN4O2. The number of para-hydroxylation sites is 1. The number of hydrogen-bond acceptors (Lipinski definition) is 4. The van der Waals surface area contributed by atoms with Crippen molar-refractivity contribution < 1.29 is 9.53 Å². The number of carbonyl (C=O) groups is 1. The lowest BCUT2D eigenvalue weighted by molar-refractivity contribution is 0.0765. The van der Waals surface area contributed by atoms with E-state index in [0.29, 0.717) is 36.1 Å². The Morgan fingerprint density at radius 1 is 1.38 bits per heavy atom. The van der Waals surface area contributed by atoms with Crippen LogP contribution in [0.2, 0.25) is 5.02 Å². The van der Waals surface area contributed by atoms with Gasteiger partial charge in [-0.25, -0.2) is 0 Å². The number of benzene rings is 1. The van der Waals surface area contributed by atoms with Crippen LogP contribution >= 0.6 is 11.6 Å². The number of nitrogens with zero attached hydrogens (tertiary/aromatic N) is 2. The smallest absolute Gasteiger partial charge is 0.274 e. The Morgan fingerprint density at radius 3 is 3.12 bits per heavy atom. The highest BCUT2D eigenvalue weighted by Gasteiger charge is 2.32. The maximum Gasteiger partial charge on any atom is 0.274 e. The van der Waals surface area contributed by atoms with Crippen LogP contribution in [0.4, 0.5) is 0 Å². The summed E-state index contributed by atoms with van der Waals surface area (Å²) in [5, 5.41) is 11.1. The number of aromatic nitrogens is 2. The Labute approximate surface area is 145 Å².